The third-order valence-corrected chi connectivity index (χ3v) is 3.71. The number of urea groups is 1. The molecule has 0 aliphatic rings. The van der Waals surface area contributed by atoms with Gasteiger partial charge >= 0.3 is 18.2 Å². The summed E-state index contributed by atoms with van der Waals surface area (Å²) in [4.78, 5) is 24.1. The lowest BCUT2D eigenvalue weighted by Gasteiger charge is -2.21. The molecule has 9 nitrogen and oxygen atoms in total. The molecule has 31 heavy (non-hydrogen) atoms. The fourth-order valence-electron chi connectivity index (χ4n) is 2.30. The molecule has 0 bridgehead atoms. The van der Waals surface area contributed by atoms with E-state index in [0.29, 0.717) is 12.1 Å². The molecular weight excluding hydrogens is 436 g/mol. The van der Waals surface area contributed by atoms with Gasteiger partial charge in [0.15, 0.2) is 11.5 Å². The first-order valence-corrected chi connectivity index (χ1v) is 8.16. The molecule has 0 unspecified atom stereocenters. The summed E-state index contributed by atoms with van der Waals surface area (Å²) in [5, 5.41) is 7.28. The van der Waals surface area contributed by atoms with Gasteiger partial charge in [0.25, 0.3) is 5.95 Å². The van der Waals surface area contributed by atoms with Crippen molar-refractivity contribution < 1.29 is 35.9 Å². The Morgan fingerprint density at radius 2 is 1.87 bits per heavy atom. The van der Waals surface area contributed by atoms with Crippen LogP contribution in [0.2, 0.25) is 0 Å². The summed E-state index contributed by atoms with van der Waals surface area (Å²) < 4.78 is 82.9. The number of aromatic amines is 1. The molecule has 2 N–H and O–H groups in total. The zero-order valence-electron chi connectivity index (χ0n) is 15.3. The summed E-state index contributed by atoms with van der Waals surface area (Å²) in [5.41, 5.74) is -1.38. The number of carbonyl (C=O) groups excluding carboxylic acids is 1. The first-order valence-electron chi connectivity index (χ1n) is 8.16. The fraction of sp³-hybridized carbons (Fsp3) is 0.188. The van der Waals surface area contributed by atoms with Crippen molar-refractivity contribution in [3.8, 4) is 6.01 Å². The van der Waals surface area contributed by atoms with Crippen molar-refractivity contribution in [1.82, 2.24) is 25.1 Å². The van der Waals surface area contributed by atoms with Crippen molar-refractivity contribution in [2.45, 2.75) is 12.7 Å². The maximum atomic E-state index is 13.4. The Bertz CT molecular complexity index is 1060. The van der Waals surface area contributed by atoms with Gasteiger partial charge in [-0.3, -0.25) is 15.3 Å². The van der Waals surface area contributed by atoms with Gasteiger partial charge < -0.3 is 4.74 Å². The average Bonchev–Trinajstić information content (AvgIpc) is 3.19. The van der Waals surface area contributed by atoms with Crippen molar-refractivity contribution in [2.24, 2.45) is 0 Å². The third-order valence-electron chi connectivity index (χ3n) is 3.71. The number of nitrogens with zero attached hydrogens (tertiary/aromatic N) is 5. The van der Waals surface area contributed by atoms with Crippen LogP contribution in [0.5, 0.6) is 6.01 Å². The van der Waals surface area contributed by atoms with Gasteiger partial charge in [-0.05, 0) is 6.07 Å². The van der Waals surface area contributed by atoms with E-state index >= 15 is 0 Å². The monoisotopic (exact) mass is 447 g/mol. The van der Waals surface area contributed by atoms with Crippen molar-refractivity contribution in [2.75, 3.05) is 17.3 Å². The Labute approximate surface area is 169 Å². The first kappa shape index (κ1) is 21.8. The van der Waals surface area contributed by atoms with Crippen LogP contribution in [-0.2, 0) is 12.7 Å². The zero-order valence-corrected chi connectivity index (χ0v) is 15.3. The van der Waals surface area contributed by atoms with E-state index in [2.05, 4.69) is 25.1 Å². The molecule has 0 saturated heterocycles. The van der Waals surface area contributed by atoms with E-state index in [1.54, 1.807) is 0 Å². The molecule has 2 amide bonds. The molecule has 0 atom stereocenters. The molecule has 164 valence electrons. The number of carbonyl (C=O) groups is 1. The van der Waals surface area contributed by atoms with Gasteiger partial charge in [-0.25, -0.2) is 19.2 Å². The van der Waals surface area contributed by atoms with Crippen molar-refractivity contribution >= 4 is 17.5 Å². The second kappa shape index (κ2) is 8.45. The van der Waals surface area contributed by atoms with Crippen molar-refractivity contribution in [3.05, 3.63) is 53.5 Å². The number of alkyl halides is 3. The molecule has 0 spiro atoms. The highest BCUT2D eigenvalue weighted by atomic mass is 19.4. The summed E-state index contributed by atoms with van der Waals surface area (Å²) in [5.74, 6) is -5.92. The first-order chi connectivity index (χ1) is 14.6. The topological polar surface area (TPSA) is 109 Å². The number of anilines is 2. The van der Waals surface area contributed by atoms with E-state index in [4.69, 9.17) is 4.74 Å². The van der Waals surface area contributed by atoms with Crippen LogP contribution in [0.3, 0.4) is 0 Å². The zero-order chi connectivity index (χ0) is 22.8. The van der Waals surface area contributed by atoms with Crippen LogP contribution in [0.1, 0.15) is 11.4 Å². The molecule has 0 radical (unpaired) electrons. The van der Waals surface area contributed by atoms with Gasteiger partial charge in [-0.2, -0.15) is 32.0 Å². The Morgan fingerprint density at radius 1 is 1.19 bits per heavy atom. The quantitative estimate of drug-likeness (QED) is 0.459. The highest BCUT2D eigenvalue weighted by Gasteiger charge is 2.34. The summed E-state index contributed by atoms with van der Waals surface area (Å²) in [7, 11) is 1.28. The lowest BCUT2D eigenvalue weighted by atomic mass is 10.3. The van der Waals surface area contributed by atoms with Crippen LogP contribution < -0.4 is 15.0 Å². The second-order valence-corrected chi connectivity index (χ2v) is 5.81. The van der Waals surface area contributed by atoms with Gasteiger partial charge in [-0.15, -0.1) is 0 Å². The van der Waals surface area contributed by atoms with Crippen molar-refractivity contribution in [1.29, 1.82) is 0 Å². The number of ether oxygens (including phenoxy) is 1. The standard InChI is InChI=1S/C16H11F6N7O2/c1-31-14-23-4-8(5-24-14)29(6-7-2-10(28-27-7)16(20,21)22)15(30)26-11-3-9(17)12(18)13(19)25-11/h2-5H,6H2,1H3,(H,27,28)(H,25,26,30). The fourth-order valence-corrected chi connectivity index (χ4v) is 2.30. The lowest BCUT2D eigenvalue weighted by molar-refractivity contribution is -0.141. The Kier molecular flexibility index (Phi) is 5.94. The predicted molar refractivity (Wildman–Crippen MR) is 91.5 cm³/mol. The molecule has 3 rings (SSSR count). The molecule has 3 heterocycles. The summed E-state index contributed by atoms with van der Waals surface area (Å²) >= 11 is 0. The van der Waals surface area contributed by atoms with Crippen LogP contribution in [0.15, 0.2) is 24.5 Å². The Balaban J connectivity index is 1.91. The average molecular weight is 447 g/mol. The molecule has 0 aliphatic carbocycles. The number of amides is 2. The SMILES string of the molecule is COc1ncc(N(Cc2cc(C(F)(F)F)n[nH]2)C(=O)Nc2cc(F)c(F)c(F)n2)cn1. The lowest BCUT2D eigenvalue weighted by Crippen LogP contribution is -2.35. The van der Waals surface area contributed by atoms with Gasteiger partial charge in [0, 0.05) is 6.07 Å². The van der Waals surface area contributed by atoms with E-state index in [-0.39, 0.29) is 17.4 Å². The van der Waals surface area contributed by atoms with E-state index < -0.39 is 47.8 Å². The van der Waals surface area contributed by atoms with Crippen molar-refractivity contribution in [3.63, 3.8) is 0 Å². The number of pyridine rings is 1. The Morgan fingerprint density at radius 3 is 2.42 bits per heavy atom. The maximum absolute atomic E-state index is 13.4. The molecule has 15 heteroatoms. The number of H-pyrrole nitrogens is 1. The third kappa shape index (κ3) is 4.99. The molecule has 0 aromatic carbocycles. The molecule has 0 aliphatic heterocycles. The van der Waals surface area contributed by atoms with Gasteiger partial charge in [0.2, 0.25) is 5.82 Å². The van der Waals surface area contributed by atoms with E-state index in [0.717, 1.165) is 17.3 Å². The van der Waals surface area contributed by atoms with Crippen LogP contribution in [0, 0.1) is 17.6 Å². The van der Waals surface area contributed by atoms with E-state index in [1.165, 1.54) is 7.11 Å². The largest absolute Gasteiger partial charge is 0.467 e. The summed E-state index contributed by atoms with van der Waals surface area (Å²) in [6.07, 6.45) is -2.49. The summed E-state index contributed by atoms with van der Waals surface area (Å²) in [6, 6.07) is -0.0545. The number of hydrogen-bond acceptors (Lipinski definition) is 6. The number of hydrogen-bond donors (Lipinski definition) is 2. The van der Waals surface area contributed by atoms with E-state index in [9.17, 15) is 31.1 Å². The van der Waals surface area contributed by atoms with Gasteiger partial charge in [0.05, 0.1) is 37.4 Å². The summed E-state index contributed by atoms with van der Waals surface area (Å²) in [6.45, 7) is -0.503. The minimum Gasteiger partial charge on any atom is -0.467 e. The van der Waals surface area contributed by atoms with Crippen LogP contribution in [0.25, 0.3) is 0 Å². The molecule has 0 fully saturated rings. The van der Waals surface area contributed by atoms with Crippen LogP contribution >= 0.6 is 0 Å². The Hall–Kier alpha value is -3.91. The van der Waals surface area contributed by atoms with Gasteiger partial charge in [-0.1, -0.05) is 0 Å². The number of halogens is 6. The molecule has 0 saturated carbocycles. The number of methoxy groups -OCH3 is 1. The predicted octanol–water partition coefficient (Wildman–Crippen LogP) is 3.28. The smallest absolute Gasteiger partial charge is 0.435 e. The minimum absolute atomic E-state index is 0.0236. The molecular formula is C16H11F6N7O2. The van der Waals surface area contributed by atoms with Gasteiger partial charge in [0.1, 0.15) is 5.82 Å². The molecule has 3 aromatic rings. The number of nitrogens with one attached hydrogen (secondary N) is 2. The minimum atomic E-state index is -4.72. The highest BCUT2D eigenvalue weighted by Crippen LogP contribution is 2.28. The van der Waals surface area contributed by atoms with Crippen LogP contribution in [-0.4, -0.2) is 38.3 Å². The second-order valence-electron chi connectivity index (χ2n) is 5.81. The molecule has 3 aromatic heterocycles. The maximum Gasteiger partial charge on any atom is 0.435 e. The van der Waals surface area contributed by atoms with E-state index in [1.807, 2.05) is 5.32 Å². The highest BCUT2D eigenvalue weighted by molar-refractivity contribution is 6.00. The van der Waals surface area contributed by atoms with Crippen LogP contribution in [0.4, 0.5) is 42.6 Å². The number of aromatic nitrogens is 5. The number of rotatable bonds is 5. The normalized spacial score (nSPS) is 11.3.